The minimum atomic E-state index is 1.11. The molecule has 0 saturated carbocycles. The lowest BCUT2D eigenvalue weighted by Gasteiger charge is -2.27. The molecule has 0 fully saturated rings. The second-order valence-corrected chi connectivity index (χ2v) is 16.6. The van der Waals surface area contributed by atoms with Crippen LogP contribution in [0, 0.1) is 0 Å². The highest BCUT2D eigenvalue weighted by Gasteiger charge is 2.21. The quantitative estimate of drug-likeness (QED) is 0.156. The first-order valence-electron chi connectivity index (χ1n) is 19.3. The molecule has 57 heavy (non-hydrogen) atoms. The van der Waals surface area contributed by atoms with E-state index >= 15 is 0 Å². The van der Waals surface area contributed by atoms with Crippen molar-refractivity contribution < 1.29 is 0 Å². The van der Waals surface area contributed by atoms with Crippen LogP contribution >= 0.6 is 22.7 Å². The molecule has 0 radical (unpaired) electrons. The molecule has 11 rings (SSSR count). The molecule has 0 spiro atoms. The number of anilines is 3. The maximum Gasteiger partial charge on any atom is 0.0640 e. The first-order chi connectivity index (χ1) is 28.3. The standard InChI is InChI=1S/C54H35NS2/c1-4-15-36(16-5-1)40-33-41(37-17-6-2-7-18-37)35-43(34-40)55(42-31-29-39(30-32-42)44-22-14-28-51-52(44)48-21-10-11-27-50(48)56-51)49-26-13-25-47-46-24-12-23-45(53(46)57-54(47)49)38-19-8-3-9-20-38/h1-35H. The maximum absolute atomic E-state index is 2.48. The molecule has 2 aromatic heterocycles. The van der Waals surface area contributed by atoms with Gasteiger partial charge in [0.15, 0.2) is 0 Å². The Morgan fingerprint density at radius 3 is 1.53 bits per heavy atom. The maximum atomic E-state index is 2.48. The topological polar surface area (TPSA) is 3.24 Å². The van der Waals surface area contributed by atoms with Crippen LogP contribution in [-0.2, 0) is 0 Å². The predicted molar refractivity (Wildman–Crippen MR) is 249 cm³/mol. The number of hydrogen-bond acceptors (Lipinski definition) is 3. The summed E-state index contributed by atoms with van der Waals surface area (Å²) in [5.74, 6) is 0. The summed E-state index contributed by atoms with van der Waals surface area (Å²) in [6.07, 6.45) is 0. The van der Waals surface area contributed by atoms with E-state index in [1.807, 2.05) is 22.7 Å². The van der Waals surface area contributed by atoms with Crippen LogP contribution in [0.4, 0.5) is 17.1 Å². The van der Waals surface area contributed by atoms with Gasteiger partial charge in [0.2, 0.25) is 0 Å². The summed E-state index contributed by atoms with van der Waals surface area (Å²) in [5, 5.41) is 5.20. The van der Waals surface area contributed by atoms with E-state index in [0.717, 1.165) is 17.1 Å². The zero-order valence-corrected chi connectivity index (χ0v) is 32.6. The summed E-state index contributed by atoms with van der Waals surface area (Å²) in [4.78, 5) is 2.48. The van der Waals surface area contributed by atoms with Crippen LogP contribution in [0.2, 0.25) is 0 Å². The largest absolute Gasteiger partial charge is 0.309 e. The van der Waals surface area contributed by atoms with Crippen molar-refractivity contribution in [2.24, 2.45) is 0 Å². The molecule has 2 heterocycles. The predicted octanol–water partition coefficient (Wildman–Crippen LogP) is 16.6. The van der Waals surface area contributed by atoms with E-state index < -0.39 is 0 Å². The van der Waals surface area contributed by atoms with Crippen molar-refractivity contribution in [3.63, 3.8) is 0 Å². The van der Waals surface area contributed by atoms with Crippen LogP contribution in [0.15, 0.2) is 212 Å². The summed E-state index contributed by atoms with van der Waals surface area (Å²) in [7, 11) is 0. The average Bonchev–Trinajstić information content (AvgIpc) is 3.87. The van der Waals surface area contributed by atoms with E-state index in [1.54, 1.807) is 0 Å². The monoisotopic (exact) mass is 761 g/mol. The number of benzene rings is 9. The molecule has 0 atom stereocenters. The number of thiophene rings is 2. The van der Waals surface area contributed by atoms with Crippen LogP contribution in [0.5, 0.6) is 0 Å². The molecule has 0 unspecified atom stereocenters. The Hall–Kier alpha value is -6.78. The van der Waals surface area contributed by atoms with E-state index in [2.05, 4.69) is 217 Å². The summed E-state index contributed by atoms with van der Waals surface area (Å²) < 4.78 is 5.21. The van der Waals surface area contributed by atoms with Crippen molar-refractivity contribution >= 4 is 80.1 Å². The Labute approximate surface area is 340 Å². The molecular weight excluding hydrogens is 727 g/mol. The van der Waals surface area contributed by atoms with Crippen LogP contribution in [-0.4, -0.2) is 0 Å². The molecule has 1 nitrogen and oxygen atoms in total. The molecule has 3 heteroatoms. The second-order valence-electron chi connectivity index (χ2n) is 14.5. The van der Waals surface area contributed by atoms with E-state index in [9.17, 15) is 0 Å². The molecule has 0 aliphatic rings. The summed E-state index contributed by atoms with van der Waals surface area (Å²) in [6.45, 7) is 0. The minimum absolute atomic E-state index is 1.11. The van der Waals surface area contributed by atoms with Crippen molar-refractivity contribution in [1.29, 1.82) is 0 Å². The average molecular weight is 762 g/mol. The Balaban J connectivity index is 1.15. The summed E-state index contributed by atoms with van der Waals surface area (Å²) >= 11 is 3.76. The van der Waals surface area contributed by atoms with E-state index in [-0.39, 0.29) is 0 Å². The van der Waals surface area contributed by atoms with Gasteiger partial charge in [-0.3, -0.25) is 0 Å². The Morgan fingerprint density at radius 1 is 0.298 bits per heavy atom. The summed E-state index contributed by atoms with van der Waals surface area (Å²) in [6, 6.07) is 77.6. The van der Waals surface area contributed by atoms with Gasteiger partial charge in [-0.2, -0.15) is 0 Å². The molecule has 0 aliphatic heterocycles. The lowest BCUT2D eigenvalue weighted by Crippen LogP contribution is -2.10. The lowest BCUT2D eigenvalue weighted by atomic mass is 9.96. The minimum Gasteiger partial charge on any atom is -0.309 e. The van der Waals surface area contributed by atoms with Gasteiger partial charge in [-0.1, -0.05) is 164 Å². The number of fused-ring (bicyclic) bond motifs is 6. The van der Waals surface area contributed by atoms with Gasteiger partial charge in [-0.15, -0.1) is 22.7 Å². The fraction of sp³-hybridized carbons (Fsp3) is 0. The van der Waals surface area contributed by atoms with Crippen molar-refractivity contribution in [2.75, 3.05) is 4.90 Å². The van der Waals surface area contributed by atoms with Gasteiger partial charge in [0.05, 0.1) is 10.4 Å². The van der Waals surface area contributed by atoms with Crippen LogP contribution in [0.25, 0.3) is 84.9 Å². The SMILES string of the molecule is c1ccc(-c2cc(-c3ccccc3)cc(N(c3ccc(-c4cccc5sc6ccccc6c45)cc3)c3cccc4c3sc3c(-c5ccccc5)cccc34)c2)cc1. The van der Waals surface area contributed by atoms with Gasteiger partial charge < -0.3 is 4.90 Å². The smallest absolute Gasteiger partial charge is 0.0640 e. The lowest BCUT2D eigenvalue weighted by molar-refractivity contribution is 1.30. The first kappa shape index (κ1) is 33.5. The van der Waals surface area contributed by atoms with Crippen molar-refractivity contribution in [3.8, 4) is 44.5 Å². The fourth-order valence-corrected chi connectivity index (χ4v) is 10.9. The molecule has 0 aliphatic carbocycles. The number of hydrogen-bond donors (Lipinski definition) is 0. The first-order valence-corrected chi connectivity index (χ1v) is 21.0. The molecule has 9 aromatic carbocycles. The van der Waals surface area contributed by atoms with Gasteiger partial charge in [0, 0.05) is 47.0 Å². The van der Waals surface area contributed by atoms with Gasteiger partial charge in [0.1, 0.15) is 0 Å². The molecule has 0 amide bonds. The van der Waals surface area contributed by atoms with Crippen molar-refractivity contribution in [3.05, 3.63) is 212 Å². The van der Waals surface area contributed by atoms with Crippen LogP contribution < -0.4 is 4.90 Å². The Bertz CT molecular complexity index is 3160. The second kappa shape index (κ2) is 14.1. The molecule has 0 saturated heterocycles. The fourth-order valence-electron chi connectivity index (χ4n) is 8.39. The van der Waals surface area contributed by atoms with Gasteiger partial charge in [-0.05, 0) is 93.0 Å². The van der Waals surface area contributed by atoms with E-state index in [1.165, 1.54) is 84.9 Å². The van der Waals surface area contributed by atoms with Gasteiger partial charge in [-0.25, -0.2) is 0 Å². The van der Waals surface area contributed by atoms with Crippen molar-refractivity contribution in [1.82, 2.24) is 0 Å². The molecule has 11 aromatic rings. The molecule has 268 valence electrons. The molecule has 0 bridgehead atoms. The van der Waals surface area contributed by atoms with E-state index in [0.29, 0.717) is 0 Å². The number of rotatable bonds is 7. The third-order valence-electron chi connectivity index (χ3n) is 11.1. The molecule has 0 N–H and O–H groups in total. The zero-order chi connectivity index (χ0) is 37.7. The third-order valence-corrected chi connectivity index (χ3v) is 13.5. The highest BCUT2D eigenvalue weighted by atomic mass is 32.1. The van der Waals surface area contributed by atoms with E-state index in [4.69, 9.17) is 0 Å². The normalized spacial score (nSPS) is 11.5. The van der Waals surface area contributed by atoms with Crippen LogP contribution in [0.3, 0.4) is 0 Å². The van der Waals surface area contributed by atoms with Gasteiger partial charge >= 0.3 is 0 Å². The van der Waals surface area contributed by atoms with Crippen molar-refractivity contribution in [2.45, 2.75) is 0 Å². The Morgan fingerprint density at radius 2 is 0.825 bits per heavy atom. The van der Waals surface area contributed by atoms with Crippen LogP contribution in [0.1, 0.15) is 0 Å². The zero-order valence-electron chi connectivity index (χ0n) is 31.0. The summed E-state index contributed by atoms with van der Waals surface area (Å²) in [5.41, 5.74) is 13.1. The highest BCUT2D eigenvalue weighted by Crippen LogP contribution is 2.49. The van der Waals surface area contributed by atoms with Gasteiger partial charge in [0.25, 0.3) is 0 Å². The molecular formula is C54H35NS2. The highest BCUT2D eigenvalue weighted by molar-refractivity contribution is 7.27. The number of nitrogens with zero attached hydrogens (tertiary/aromatic N) is 1. The Kier molecular flexibility index (Phi) is 8.28. The third kappa shape index (κ3) is 5.91.